The third-order valence-corrected chi connectivity index (χ3v) is 4.71. The maximum Gasteiger partial charge on any atom is 0.0220 e. The van der Waals surface area contributed by atoms with Gasteiger partial charge in [0.05, 0.1) is 0 Å². The predicted molar refractivity (Wildman–Crippen MR) is 69.7 cm³/mol. The molecule has 0 spiro atoms. The molecular formula is C14H28N2. The largest absolute Gasteiger partial charge is 0.312 e. The van der Waals surface area contributed by atoms with Crippen molar-refractivity contribution in [1.82, 2.24) is 10.2 Å². The van der Waals surface area contributed by atoms with Gasteiger partial charge in [0.2, 0.25) is 0 Å². The summed E-state index contributed by atoms with van der Waals surface area (Å²) in [4.78, 5) is 2.74. The van der Waals surface area contributed by atoms with Crippen molar-refractivity contribution in [2.75, 3.05) is 13.1 Å². The summed E-state index contributed by atoms with van der Waals surface area (Å²) < 4.78 is 0. The fourth-order valence-corrected chi connectivity index (χ4v) is 3.42. The van der Waals surface area contributed by atoms with Crippen LogP contribution in [0.4, 0.5) is 0 Å². The molecule has 2 nitrogen and oxygen atoms in total. The predicted octanol–water partition coefficient (Wildman–Crippen LogP) is 2.64. The van der Waals surface area contributed by atoms with Gasteiger partial charge in [-0.1, -0.05) is 13.3 Å². The first kappa shape index (κ1) is 12.4. The van der Waals surface area contributed by atoms with Crippen LogP contribution < -0.4 is 5.32 Å². The molecule has 2 heteroatoms. The van der Waals surface area contributed by atoms with Gasteiger partial charge in [0, 0.05) is 24.7 Å². The first-order valence-corrected chi connectivity index (χ1v) is 7.17. The maximum absolute atomic E-state index is 3.72. The van der Waals surface area contributed by atoms with Crippen LogP contribution in [0.3, 0.4) is 0 Å². The van der Waals surface area contributed by atoms with Crippen molar-refractivity contribution in [2.45, 2.75) is 71.0 Å². The number of likely N-dealkylation sites (tertiary alicyclic amines) is 1. The summed E-state index contributed by atoms with van der Waals surface area (Å²) in [6.45, 7) is 9.72. The molecule has 0 aromatic rings. The Kier molecular flexibility index (Phi) is 4.26. The SMILES string of the molecule is CC1CCCNC1CN1[C@H](C)CCC[C@@H]1C. The molecule has 0 amide bonds. The van der Waals surface area contributed by atoms with Crippen LogP contribution in [0.2, 0.25) is 0 Å². The Morgan fingerprint density at radius 2 is 1.69 bits per heavy atom. The quantitative estimate of drug-likeness (QED) is 0.776. The molecule has 16 heavy (non-hydrogen) atoms. The molecule has 0 saturated carbocycles. The molecule has 0 bridgehead atoms. The lowest BCUT2D eigenvalue weighted by atomic mass is 9.90. The Labute approximate surface area is 101 Å². The zero-order chi connectivity index (χ0) is 11.5. The number of rotatable bonds is 2. The fraction of sp³-hybridized carbons (Fsp3) is 1.00. The van der Waals surface area contributed by atoms with E-state index in [1.54, 1.807) is 0 Å². The van der Waals surface area contributed by atoms with E-state index >= 15 is 0 Å². The second-order valence-electron chi connectivity index (χ2n) is 6.01. The molecule has 0 aliphatic carbocycles. The third kappa shape index (κ3) is 2.78. The summed E-state index contributed by atoms with van der Waals surface area (Å²) in [5, 5.41) is 3.72. The highest BCUT2D eigenvalue weighted by molar-refractivity contribution is 4.87. The van der Waals surface area contributed by atoms with E-state index in [9.17, 15) is 0 Å². The average Bonchev–Trinajstić information content (AvgIpc) is 2.26. The van der Waals surface area contributed by atoms with Gasteiger partial charge in [-0.2, -0.15) is 0 Å². The fourth-order valence-electron chi connectivity index (χ4n) is 3.42. The molecule has 2 saturated heterocycles. The van der Waals surface area contributed by atoms with Crippen LogP contribution in [-0.2, 0) is 0 Å². The Morgan fingerprint density at radius 1 is 1.00 bits per heavy atom. The monoisotopic (exact) mass is 224 g/mol. The molecule has 94 valence electrons. The van der Waals surface area contributed by atoms with Crippen molar-refractivity contribution < 1.29 is 0 Å². The van der Waals surface area contributed by atoms with Gasteiger partial charge in [-0.3, -0.25) is 4.90 Å². The minimum Gasteiger partial charge on any atom is -0.312 e. The summed E-state index contributed by atoms with van der Waals surface area (Å²) in [6.07, 6.45) is 6.99. The Morgan fingerprint density at radius 3 is 2.31 bits per heavy atom. The van der Waals surface area contributed by atoms with Gasteiger partial charge in [0.15, 0.2) is 0 Å². The summed E-state index contributed by atoms with van der Waals surface area (Å²) >= 11 is 0. The Bertz CT molecular complexity index is 207. The Hall–Kier alpha value is -0.0800. The van der Waals surface area contributed by atoms with Crippen LogP contribution in [0, 0.1) is 5.92 Å². The van der Waals surface area contributed by atoms with Gasteiger partial charge < -0.3 is 5.32 Å². The first-order valence-electron chi connectivity index (χ1n) is 7.17. The number of nitrogens with one attached hydrogen (secondary N) is 1. The van der Waals surface area contributed by atoms with Gasteiger partial charge >= 0.3 is 0 Å². The highest BCUT2D eigenvalue weighted by Gasteiger charge is 2.29. The first-order chi connectivity index (χ1) is 7.68. The molecule has 0 aromatic heterocycles. The lowest BCUT2D eigenvalue weighted by Crippen LogP contribution is -2.53. The van der Waals surface area contributed by atoms with Crippen molar-refractivity contribution in [1.29, 1.82) is 0 Å². The highest BCUT2D eigenvalue weighted by atomic mass is 15.2. The van der Waals surface area contributed by atoms with Crippen LogP contribution in [0.25, 0.3) is 0 Å². The van der Waals surface area contributed by atoms with E-state index < -0.39 is 0 Å². The third-order valence-electron chi connectivity index (χ3n) is 4.71. The van der Waals surface area contributed by atoms with Crippen molar-refractivity contribution in [2.24, 2.45) is 5.92 Å². The van der Waals surface area contributed by atoms with Gasteiger partial charge in [-0.25, -0.2) is 0 Å². The second kappa shape index (κ2) is 5.50. The van der Waals surface area contributed by atoms with Gasteiger partial charge in [0.25, 0.3) is 0 Å². The van der Waals surface area contributed by atoms with E-state index in [4.69, 9.17) is 0 Å². The molecule has 2 heterocycles. The number of piperidine rings is 2. The van der Waals surface area contributed by atoms with Gasteiger partial charge in [-0.05, 0) is 52.0 Å². The van der Waals surface area contributed by atoms with Crippen molar-refractivity contribution in [3.05, 3.63) is 0 Å². The van der Waals surface area contributed by atoms with E-state index in [1.807, 2.05) is 0 Å². The molecule has 2 aliphatic rings. The number of nitrogens with zero attached hydrogens (tertiary/aromatic N) is 1. The van der Waals surface area contributed by atoms with E-state index in [2.05, 4.69) is 31.0 Å². The minimum absolute atomic E-state index is 0.733. The molecular weight excluding hydrogens is 196 g/mol. The Balaban J connectivity index is 1.90. The number of hydrogen-bond donors (Lipinski definition) is 1. The maximum atomic E-state index is 3.72. The molecule has 2 aliphatic heterocycles. The van der Waals surface area contributed by atoms with Crippen LogP contribution in [0.5, 0.6) is 0 Å². The number of hydrogen-bond acceptors (Lipinski definition) is 2. The molecule has 2 unspecified atom stereocenters. The standard InChI is InChI=1S/C14H28N2/c1-11-6-5-9-15-14(11)10-16-12(2)7-4-8-13(16)3/h11-15H,4-10H2,1-3H3/t11?,12-,13+,14?. The van der Waals surface area contributed by atoms with Crippen LogP contribution in [0.15, 0.2) is 0 Å². The van der Waals surface area contributed by atoms with E-state index in [0.29, 0.717) is 0 Å². The summed E-state index contributed by atoms with van der Waals surface area (Å²) in [6, 6.07) is 2.32. The van der Waals surface area contributed by atoms with E-state index in [0.717, 1.165) is 24.0 Å². The summed E-state index contributed by atoms with van der Waals surface area (Å²) in [7, 11) is 0. The zero-order valence-electron chi connectivity index (χ0n) is 11.2. The highest BCUT2D eigenvalue weighted by Crippen LogP contribution is 2.25. The summed E-state index contributed by atoms with van der Waals surface area (Å²) in [5.41, 5.74) is 0. The van der Waals surface area contributed by atoms with Crippen LogP contribution in [-0.4, -0.2) is 36.1 Å². The van der Waals surface area contributed by atoms with Crippen molar-refractivity contribution >= 4 is 0 Å². The average molecular weight is 224 g/mol. The van der Waals surface area contributed by atoms with Crippen LogP contribution in [0.1, 0.15) is 52.9 Å². The second-order valence-corrected chi connectivity index (χ2v) is 6.01. The lowest BCUT2D eigenvalue weighted by molar-refractivity contribution is 0.0763. The molecule has 2 rings (SSSR count). The van der Waals surface area contributed by atoms with Gasteiger partial charge in [-0.15, -0.1) is 0 Å². The van der Waals surface area contributed by atoms with Crippen LogP contribution >= 0.6 is 0 Å². The molecule has 0 radical (unpaired) electrons. The smallest absolute Gasteiger partial charge is 0.0220 e. The minimum atomic E-state index is 0.733. The molecule has 1 N–H and O–H groups in total. The van der Waals surface area contributed by atoms with Crippen molar-refractivity contribution in [3.8, 4) is 0 Å². The molecule has 0 aromatic carbocycles. The molecule has 2 fully saturated rings. The zero-order valence-corrected chi connectivity index (χ0v) is 11.2. The lowest BCUT2D eigenvalue weighted by Gasteiger charge is -2.43. The normalized spacial score (nSPS) is 42.2. The van der Waals surface area contributed by atoms with Crippen molar-refractivity contribution in [3.63, 3.8) is 0 Å². The topological polar surface area (TPSA) is 15.3 Å². The van der Waals surface area contributed by atoms with Gasteiger partial charge in [0.1, 0.15) is 0 Å². The van der Waals surface area contributed by atoms with E-state index in [-0.39, 0.29) is 0 Å². The van der Waals surface area contributed by atoms with E-state index in [1.165, 1.54) is 45.2 Å². The summed E-state index contributed by atoms with van der Waals surface area (Å²) in [5.74, 6) is 0.857. The molecule has 4 atom stereocenters.